The number of rotatable bonds is 4. The second-order valence-corrected chi connectivity index (χ2v) is 6.95. The molecular formula is C23H24N2O3. The Kier molecular flexibility index (Phi) is 5.06. The molecule has 0 bridgehead atoms. The molecule has 0 spiro atoms. The van der Waals surface area contributed by atoms with Crippen LogP contribution in [0.2, 0.25) is 0 Å². The highest BCUT2D eigenvalue weighted by molar-refractivity contribution is 5.93. The van der Waals surface area contributed by atoms with Crippen LogP contribution in [-0.4, -0.2) is 31.7 Å². The lowest BCUT2D eigenvalue weighted by Crippen LogP contribution is -2.34. The Morgan fingerprint density at radius 2 is 1.82 bits per heavy atom. The summed E-state index contributed by atoms with van der Waals surface area (Å²) in [4.78, 5) is 14.9. The van der Waals surface area contributed by atoms with Gasteiger partial charge in [0.15, 0.2) is 0 Å². The maximum absolute atomic E-state index is 13.0. The summed E-state index contributed by atoms with van der Waals surface area (Å²) in [5.41, 5.74) is 1.81. The molecule has 2 amide bonds. The molecule has 1 saturated heterocycles. The van der Waals surface area contributed by atoms with Crippen LogP contribution in [0.1, 0.15) is 24.4 Å². The molecule has 0 aromatic heterocycles. The van der Waals surface area contributed by atoms with Crippen LogP contribution in [0.3, 0.4) is 0 Å². The summed E-state index contributed by atoms with van der Waals surface area (Å²) in [5.74, 6) is 1.49. The third kappa shape index (κ3) is 3.48. The smallest absolute Gasteiger partial charge is 0.322 e. The molecule has 1 atom stereocenters. The van der Waals surface area contributed by atoms with Gasteiger partial charge in [-0.2, -0.15) is 0 Å². The standard InChI is InChI=1S/C23H24N2O3/c1-27-19-11-12-20(22(15-19)28-2)21-8-5-13-25(21)23(26)24-18-10-9-16-6-3-4-7-17(16)14-18/h3-4,6-7,9-12,14-15,21H,5,8,13H2,1-2H3,(H,24,26). The number of carbonyl (C=O) groups is 1. The van der Waals surface area contributed by atoms with Crippen molar-refractivity contribution in [1.82, 2.24) is 4.90 Å². The van der Waals surface area contributed by atoms with E-state index in [2.05, 4.69) is 11.4 Å². The van der Waals surface area contributed by atoms with Gasteiger partial charge in [-0.1, -0.05) is 30.3 Å². The summed E-state index contributed by atoms with van der Waals surface area (Å²) < 4.78 is 10.8. The van der Waals surface area contributed by atoms with Crippen LogP contribution >= 0.6 is 0 Å². The Morgan fingerprint density at radius 3 is 2.61 bits per heavy atom. The van der Waals surface area contributed by atoms with Crippen molar-refractivity contribution in [3.8, 4) is 11.5 Å². The number of anilines is 1. The lowest BCUT2D eigenvalue weighted by Gasteiger charge is -2.27. The van der Waals surface area contributed by atoms with Gasteiger partial charge in [0.2, 0.25) is 0 Å². The number of nitrogens with zero attached hydrogens (tertiary/aromatic N) is 1. The average Bonchev–Trinajstić information content (AvgIpc) is 3.23. The Hall–Kier alpha value is -3.21. The average molecular weight is 376 g/mol. The highest BCUT2D eigenvalue weighted by atomic mass is 16.5. The molecule has 5 nitrogen and oxygen atoms in total. The molecule has 1 unspecified atom stereocenters. The van der Waals surface area contributed by atoms with E-state index in [9.17, 15) is 4.79 Å². The Morgan fingerprint density at radius 1 is 1.00 bits per heavy atom. The minimum absolute atomic E-state index is 0.0127. The van der Waals surface area contributed by atoms with Crippen molar-refractivity contribution in [1.29, 1.82) is 0 Å². The fourth-order valence-corrected chi connectivity index (χ4v) is 3.89. The van der Waals surface area contributed by atoms with Gasteiger partial charge in [0.1, 0.15) is 11.5 Å². The first-order chi connectivity index (χ1) is 13.7. The van der Waals surface area contributed by atoms with Crippen molar-refractivity contribution < 1.29 is 14.3 Å². The first-order valence-corrected chi connectivity index (χ1v) is 9.48. The van der Waals surface area contributed by atoms with Gasteiger partial charge in [-0.15, -0.1) is 0 Å². The van der Waals surface area contributed by atoms with Crippen LogP contribution in [0.25, 0.3) is 10.8 Å². The number of benzene rings is 3. The van der Waals surface area contributed by atoms with Gasteiger partial charge in [-0.25, -0.2) is 4.79 Å². The molecule has 0 saturated carbocycles. The summed E-state index contributed by atoms with van der Waals surface area (Å²) in [6.07, 6.45) is 1.87. The molecule has 1 N–H and O–H groups in total. The largest absolute Gasteiger partial charge is 0.497 e. The van der Waals surface area contributed by atoms with E-state index in [1.807, 2.05) is 59.5 Å². The summed E-state index contributed by atoms with van der Waals surface area (Å²) in [5, 5.41) is 5.32. The molecule has 0 aliphatic carbocycles. The van der Waals surface area contributed by atoms with E-state index in [-0.39, 0.29) is 12.1 Å². The lowest BCUT2D eigenvalue weighted by atomic mass is 10.0. The fourth-order valence-electron chi connectivity index (χ4n) is 3.89. The van der Waals surface area contributed by atoms with Crippen LogP contribution < -0.4 is 14.8 Å². The molecule has 1 fully saturated rings. The van der Waals surface area contributed by atoms with Gasteiger partial charge in [0.25, 0.3) is 0 Å². The predicted octanol–water partition coefficient (Wildman–Crippen LogP) is 5.23. The predicted molar refractivity (Wildman–Crippen MR) is 111 cm³/mol. The summed E-state index contributed by atoms with van der Waals surface area (Å²) in [6.45, 7) is 0.721. The Labute approximate surface area is 164 Å². The molecular weight excluding hydrogens is 352 g/mol. The van der Waals surface area contributed by atoms with E-state index >= 15 is 0 Å². The number of fused-ring (bicyclic) bond motifs is 1. The maximum atomic E-state index is 13.0. The quantitative estimate of drug-likeness (QED) is 0.679. The number of hydrogen-bond donors (Lipinski definition) is 1. The van der Waals surface area contributed by atoms with Crippen molar-refractivity contribution in [3.05, 3.63) is 66.2 Å². The van der Waals surface area contributed by atoms with E-state index in [1.165, 1.54) is 0 Å². The van der Waals surface area contributed by atoms with Gasteiger partial charge < -0.3 is 19.7 Å². The number of methoxy groups -OCH3 is 2. The first kappa shape index (κ1) is 18.2. The van der Waals surface area contributed by atoms with Crippen molar-refractivity contribution in [2.75, 3.05) is 26.1 Å². The van der Waals surface area contributed by atoms with Gasteiger partial charge in [0, 0.05) is 23.9 Å². The SMILES string of the molecule is COc1ccc(C2CCCN2C(=O)Nc2ccc3ccccc3c2)c(OC)c1. The molecule has 3 aromatic rings. The molecule has 28 heavy (non-hydrogen) atoms. The van der Waals surface area contributed by atoms with Crippen molar-refractivity contribution in [2.45, 2.75) is 18.9 Å². The minimum Gasteiger partial charge on any atom is -0.497 e. The molecule has 144 valence electrons. The van der Waals surface area contributed by atoms with E-state index in [0.717, 1.165) is 52.9 Å². The highest BCUT2D eigenvalue weighted by Gasteiger charge is 2.32. The normalized spacial score (nSPS) is 16.2. The van der Waals surface area contributed by atoms with E-state index in [1.54, 1.807) is 14.2 Å². The van der Waals surface area contributed by atoms with E-state index in [0.29, 0.717) is 0 Å². The molecule has 1 heterocycles. The summed E-state index contributed by atoms with van der Waals surface area (Å²) in [7, 11) is 3.28. The monoisotopic (exact) mass is 376 g/mol. The van der Waals surface area contributed by atoms with E-state index in [4.69, 9.17) is 9.47 Å². The zero-order valence-corrected chi connectivity index (χ0v) is 16.1. The number of hydrogen-bond acceptors (Lipinski definition) is 3. The summed E-state index contributed by atoms with van der Waals surface area (Å²) in [6, 6.07) is 19.8. The molecule has 3 aromatic carbocycles. The lowest BCUT2D eigenvalue weighted by molar-refractivity contribution is 0.206. The van der Waals surface area contributed by atoms with Crippen LogP contribution in [0.4, 0.5) is 10.5 Å². The second kappa shape index (κ2) is 7.80. The van der Waals surface area contributed by atoms with Crippen LogP contribution in [0.5, 0.6) is 11.5 Å². The zero-order valence-electron chi connectivity index (χ0n) is 16.1. The third-order valence-corrected chi connectivity index (χ3v) is 5.31. The molecule has 5 heteroatoms. The number of likely N-dealkylation sites (tertiary alicyclic amines) is 1. The fraction of sp³-hybridized carbons (Fsp3) is 0.261. The minimum atomic E-state index is -0.0874. The third-order valence-electron chi connectivity index (χ3n) is 5.31. The van der Waals surface area contributed by atoms with Gasteiger partial charge in [-0.3, -0.25) is 0 Å². The topological polar surface area (TPSA) is 50.8 Å². The Balaban J connectivity index is 1.56. The van der Waals surface area contributed by atoms with Crippen molar-refractivity contribution in [3.63, 3.8) is 0 Å². The van der Waals surface area contributed by atoms with Crippen molar-refractivity contribution >= 4 is 22.5 Å². The molecule has 1 aliphatic rings. The maximum Gasteiger partial charge on any atom is 0.322 e. The number of carbonyl (C=O) groups excluding carboxylic acids is 1. The van der Waals surface area contributed by atoms with Crippen LogP contribution in [0.15, 0.2) is 60.7 Å². The van der Waals surface area contributed by atoms with Gasteiger partial charge in [-0.05, 0) is 47.9 Å². The highest BCUT2D eigenvalue weighted by Crippen LogP contribution is 2.39. The summed E-state index contributed by atoms with van der Waals surface area (Å²) >= 11 is 0. The number of amides is 2. The number of urea groups is 1. The number of nitrogens with one attached hydrogen (secondary N) is 1. The first-order valence-electron chi connectivity index (χ1n) is 9.48. The molecule has 0 radical (unpaired) electrons. The van der Waals surface area contributed by atoms with Crippen LogP contribution in [-0.2, 0) is 0 Å². The Bertz CT molecular complexity index is 1000. The zero-order chi connectivity index (χ0) is 19.5. The molecule has 4 rings (SSSR count). The van der Waals surface area contributed by atoms with Crippen LogP contribution in [0, 0.1) is 0 Å². The van der Waals surface area contributed by atoms with Gasteiger partial charge in [0.05, 0.1) is 20.3 Å². The number of ether oxygens (including phenoxy) is 2. The van der Waals surface area contributed by atoms with Crippen molar-refractivity contribution in [2.24, 2.45) is 0 Å². The van der Waals surface area contributed by atoms with E-state index < -0.39 is 0 Å². The molecule has 1 aliphatic heterocycles. The second-order valence-electron chi connectivity index (χ2n) is 6.95. The van der Waals surface area contributed by atoms with Gasteiger partial charge >= 0.3 is 6.03 Å².